The van der Waals surface area contributed by atoms with E-state index in [0.29, 0.717) is 12.5 Å². The maximum absolute atomic E-state index is 12.9. The van der Waals surface area contributed by atoms with Crippen LogP contribution < -0.4 is 10.1 Å². The van der Waals surface area contributed by atoms with E-state index in [1.807, 2.05) is 26.2 Å². The molecule has 1 aliphatic carbocycles. The minimum Gasteiger partial charge on any atom is -0.493 e. The standard InChI is InChI=1S/C31H33NO3/c1-4-34-29-18-30-26(27(19-35-30)24-14-13-22-10-6-7-11-23(22)16-24)17-25(29)21(3)15-31(33)32-28-12-8-5-9-20(28)2/h6-7,10-11,13-20,28H,4-5,8-9,12H2,1-3H3,(H,32,33)/b21-15+. The van der Waals surface area contributed by atoms with Crippen molar-refractivity contribution in [1.29, 1.82) is 0 Å². The van der Waals surface area contributed by atoms with Crippen molar-refractivity contribution in [3.8, 4) is 16.9 Å². The van der Waals surface area contributed by atoms with Gasteiger partial charge in [0.15, 0.2) is 0 Å². The van der Waals surface area contributed by atoms with Crippen molar-refractivity contribution in [2.45, 2.75) is 52.5 Å². The van der Waals surface area contributed by atoms with Crippen LogP contribution in [0.1, 0.15) is 52.0 Å². The number of hydrogen-bond donors (Lipinski definition) is 1. The summed E-state index contributed by atoms with van der Waals surface area (Å²) in [7, 11) is 0. The zero-order chi connectivity index (χ0) is 24.4. The number of benzene rings is 3. The Hall–Kier alpha value is -3.53. The minimum absolute atomic E-state index is 0.0364. The first-order valence-corrected chi connectivity index (χ1v) is 12.7. The molecular weight excluding hydrogens is 434 g/mol. The molecule has 2 unspecified atom stereocenters. The van der Waals surface area contributed by atoms with E-state index in [4.69, 9.17) is 9.15 Å². The lowest BCUT2D eigenvalue weighted by molar-refractivity contribution is -0.117. The highest BCUT2D eigenvalue weighted by molar-refractivity contribution is 6.01. The van der Waals surface area contributed by atoms with E-state index in [-0.39, 0.29) is 11.9 Å². The molecule has 3 aromatic carbocycles. The van der Waals surface area contributed by atoms with Gasteiger partial charge in [-0.3, -0.25) is 4.79 Å². The quantitative estimate of drug-likeness (QED) is 0.295. The lowest BCUT2D eigenvalue weighted by atomic mass is 9.86. The summed E-state index contributed by atoms with van der Waals surface area (Å²) < 4.78 is 11.9. The number of furan rings is 1. The number of rotatable bonds is 6. The highest BCUT2D eigenvalue weighted by atomic mass is 16.5. The van der Waals surface area contributed by atoms with E-state index in [1.54, 1.807) is 6.08 Å². The number of nitrogens with one attached hydrogen (secondary N) is 1. The topological polar surface area (TPSA) is 51.5 Å². The SMILES string of the molecule is CCOc1cc2occ(-c3ccc4ccccc4c3)c2cc1/C(C)=C/C(=O)NC1CCCCC1C. The Morgan fingerprint density at radius 1 is 1.09 bits per heavy atom. The van der Waals surface area contributed by atoms with E-state index >= 15 is 0 Å². The van der Waals surface area contributed by atoms with Gasteiger partial charge in [0.25, 0.3) is 0 Å². The Bertz CT molecular complexity index is 1400. The summed E-state index contributed by atoms with van der Waals surface area (Å²) in [6.45, 7) is 6.71. The Morgan fingerprint density at radius 3 is 2.69 bits per heavy atom. The second-order valence-electron chi connectivity index (χ2n) is 9.69. The molecule has 180 valence electrons. The summed E-state index contributed by atoms with van der Waals surface area (Å²) in [4.78, 5) is 12.9. The molecule has 1 N–H and O–H groups in total. The Balaban J connectivity index is 1.51. The molecule has 2 atom stereocenters. The first-order valence-electron chi connectivity index (χ1n) is 12.7. The Labute approximate surface area is 207 Å². The highest BCUT2D eigenvalue weighted by Gasteiger charge is 2.22. The summed E-state index contributed by atoms with van der Waals surface area (Å²) >= 11 is 0. The van der Waals surface area contributed by atoms with Gasteiger partial charge in [0, 0.05) is 34.7 Å². The van der Waals surface area contributed by atoms with Crippen LogP contribution in [-0.2, 0) is 4.79 Å². The molecule has 4 aromatic rings. The van der Waals surface area contributed by atoms with Crippen LogP contribution in [-0.4, -0.2) is 18.6 Å². The third kappa shape index (κ3) is 4.84. The van der Waals surface area contributed by atoms with Crippen molar-refractivity contribution in [3.05, 3.63) is 72.5 Å². The molecule has 4 heteroatoms. The normalized spacial score (nSPS) is 18.7. The molecule has 1 heterocycles. The molecule has 5 rings (SSSR count). The molecule has 0 aliphatic heterocycles. The van der Waals surface area contributed by atoms with Crippen LogP contribution in [0.3, 0.4) is 0 Å². The summed E-state index contributed by atoms with van der Waals surface area (Å²) in [5, 5.41) is 6.64. The molecule has 1 aliphatic rings. The second-order valence-corrected chi connectivity index (χ2v) is 9.69. The Morgan fingerprint density at radius 2 is 1.89 bits per heavy atom. The molecule has 1 fully saturated rings. The van der Waals surface area contributed by atoms with E-state index in [1.165, 1.54) is 30.0 Å². The smallest absolute Gasteiger partial charge is 0.244 e. The van der Waals surface area contributed by atoms with E-state index < -0.39 is 0 Å². The summed E-state index contributed by atoms with van der Waals surface area (Å²) in [6, 6.07) is 19.1. The van der Waals surface area contributed by atoms with Crippen LogP contribution in [0.5, 0.6) is 5.75 Å². The van der Waals surface area contributed by atoms with Crippen molar-refractivity contribution < 1.29 is 13.9 Å². The highest BCUT2D eigenvalue weighted by Crippen LogP contribution is 2.38. The number of ether oxygens (including phenoxy) is 1. The predicted molar refractivity (Wildman–Crippen MR) is 144 cm³/mol. The average molecular weight is 468 g/mol. The van der Waals surface area contributed by atoms with Gasteiger partial charge in [-0.2, -0.15) is 0 Å². The second kappa shape index (κ2) is 9.99. The molecule has 0 spiro atoms. The van der Waals surface area contributed by atoms with Gasteiger partial charge in [-0.25, -0.2) is 0 Å². The van der Waals surface area contributed by atoms with Gasteiger partial charge in [0.05, 0.1) is 12.9 Å². The molecule has 1 saturated carbocycles. The fourth-order valence-corrected chi connectivity index (χ4v) is 5.25. The fraction of sp³-hybridized carbons (Fsp3) is 0.323. The lowest BCUT2D eigenvalue weighted by Crippen LogP contribution is -2.40. The molecular formula is C31H33NO3. The number of allylic oxidation sites excluding steroid dienone is 1. The predicted octanol–water partition coefficient (Wildman–Crippen LogP) is 7.75. The molecule has 0 bridgehead atoms. The van der Waals surface area contributed by atoms with Crippen LogP contribution >= 0.6 is 0 Å². The molecule has 0 radical (unpaired) electrons. The van der Waals surface area contributed by atoms with Crippen molar-refractivity contribution in [1.82, 2.24) is 5.32 Å². The van der Waals surface area contributed by atoms with Gasteiger partial charge < -0.3 is 14.5 Å². The van der Waals surface area contributed by atoms with Gasteiger partial charge >= 0.3 is 0 Å². The van der Waals surface area contributed by atoms with Gasteiger partial charge in [0.1, 0.15) is 11.3 Å². The zero-order valence-corrected chi connectivity index (χ0v) is 20.8. The van der Waals surface area contributed by atoms with E-state index in [0.717, 1.165) is 45.4 Å². The fourth-order valence-electron chi connectivity index (χ4n) is 5.25. The van der Waals surface area contributed by atoms with Crippen molar-refractivity contribution in [2.75, 3.05) is 6.61 Å². The van der Waals surface area contributed by atoms with Gasteiger partial charge in [-0.05, 0) is 66.6 Å². The van der Waals surface area contributed by atoms with Crippen LogP contribution in [0, 0.1) is 5.92 Å². The number of fused-ring (bicyclic) bond motifs is 2. The number of amides is 1. The van der Waals surface area contributed by atoms with Crippen molar-refractivity contribution in [2.24, 2.45) is 5.92 Å². The largest absolute Gasteiger partial charge is 0.493 e. The number of carbonyl (C=O) groups is 1. The summed E-state index contributed by atoms with van der Waals surface area (Å²) in [5.41, 5.74) is 4.69. The minimum atomic E-state index is -0.0364. The van der Waals surface area contributed by atoms with Gasteiger partial charge in [-0.15, -0.1) is 0 Å². The van der Waals surface area contributed by atoms with E-state index in [9.17, 15) is 4.79 Å². The van der Waals surface area contributed by atoms with Crippen LogP contribution in [0.15, 0.2) is 71.4 Å². The molecule has 4 nitrogen and oxygen atoms in total. The van der Waals surface area contributed by atoms with Crippen molar-refractivity contribution >= 4 is 33.2 Å². The molecule has 0 saturated heterocycles. The lowest BCUT2D eigenvalue weighted by Gasteiger charge is -2.29. The first-order chi connectivity index (χ1) is 17.0. The molecule has 35 heavy (non-hydrogen) atoms. The van der Waals surface area contributed by atoms with Gasteiger partial charge in [0.2, 0.25) is 5.91 Å². The third-order valence-corrected chi connectivity index (χ3v) is 7.25. The number of carbonyl (C=O) groups excluding carboxylic acids is 1. The maximum atomic E-state index is 12.9. The van der Waals surface area contributed by atoms with Crippen LogP contribution in [0.4, 0.5) is 0 Å². The van der Waals surface area contributed by atoms with Gasteiger partial charge in [-0.1, -0.05) is 56.2 Å². The van der Waals surface area contributed by atoms with Crippen LogP contribution in [0.2, 0.25) is 0 Å². The summed E-state index contributed by atoms with van der Waals surface area (Å²) in [5.74, 6) is 1.21. The van der Waals surface area contributed by atoms with Crippen LogP contribution in [0.25, 0.3) is 38.4 Å². The average Bonchev–Trinajstić information content (AvgIpc) is 3.27. The molecule has 1 aromatic heterocycles. The first kappa shape index (κ1) is 23.2. The third-order valence-electron chi connectivity index (χ3n) is 7.25. The Kier molecular flexibility index (Phi) is 6.63. The van der Waals surface area contributed by atoms with Crippen molar-refractivity contribution in [3.63, 3.8) is 0 Å². The van der Waals surface area contributed by atoms with E-state index in [2.05, 4.69) is 60.8 Å². The maximum Gasteiger partial charge on any atom is 0.244 e. The zero-order valence-electron chi connectivity index (χ0n) is 20.8. The summed E-state index contributed by atoms with van der Waals surface area (Å²) in [6.07, 6.45) is 8.19. The number of hydrogen-bond acceptors (Lipinski definition) is 3. The molecule has 1 amide bonds. The monoisotopic (exact) mass is 467 g/mol.